The standard InChI is InChI=1S/C10H8F4O2/c1-5(9(15)16)6-3-2-4-7(11)8(6)10(12,13)14/h2-5H,1H3,(H,15,16). The Hall–Kier alpha value is -1.59. The van der Waals surface area contributed by atoms with Gasteiger partial charge in [-0.15, -0.1) is 0 Å². The van der Waals surface area contributed by atoms with Crippen LogP contribution in [0.25, 0.3) is 0 Å². The van der Waals surface area contributed by atoms with Gasteiger partial charge in [0.15, 0.2) is 0 Å². The fourth-order valence-corrected chi connectivity index (χ4v) is 1.33. The summed E-state index contributed by atoms with van der Waals surface area (Å²) in [5.74, 6) is -4.30. The van der Waals surface area contributed by atoms with Gasteiger partial charge in [0.05, 0.1) is 11.5 Å². The second kappa shape index (κ2) is 4.11. The van der Waals surface area contributed by atoms with Crippen LogP contribution in [-0.2, 0) is 11.0 Å². The zero-order chi connectivity index (χ0) is 12.5. The number of carboxylic acid groups (broad SMARTS) is 1. The molecule has 0 saturated carbocycles. The van der Waals surface area contributed by atoms with Crippen LogP contribution in [-0.4, -0.2) is 11.1 Å². The molecule has 0 aliphatic carbocycles. The van der Waals surface area contributed by atoms with Crippen LogP contribution in [0.5, 0.6) is 0 Å². The van der Waals surface area contributed by atoms with Crippen molar-refractivity contribution in [3.63, 3.8) is 0 Å². The summed E-state index contributed by atoms with van der Waals surface area (Å²) >= 11 is 0. The van der Waals surface area contributed by atoms with Crippen molar-refractivity contribution in [3.8, 4) is 0 Å². The Balaban J connectivity index is 3.40. The first-order valence-electron chi connectivity index (χ1n) is 4.33. The average Bonchev–Trinajstić information content (AvgIpc) is 2.14. The second-order valence-electron chi connectivity index (χ2n) is 3.26. The molecule has 1 N–H and O–H groups in total. The minimum absolute atomic E-state index is 0.569. The van der Waals surface area contributed by atoms with Gasteiger partial charge >= 0.3 is 12.1 Å². The monoisotopic (exact) mass is 236 g/mol. The predicted octanol–water partition coefficient (Wildman–Crippen LogP) is 3.03. The Morgan fingerprint density at radius 2 is 1.94 bits per heavy atom. The first-order chi connectivity index (χ1) is 7.25. The normalized spacial score (nSPS) is 13.6. The number of aliphatic carboxylic acids is 1. The maximum Gasteiger partial charge on any atom is 0.419 e. The summed E-state index contributed by atoms with van der Waals surface area (Å²) in [7, 11) is 0. The van der Waals surface area contributed by atoms with E-state index in [-0.39, 0.29) is 0 Å². The number of hydrogen-bond acceptors (Lipinski definition) is 1. The van der Waals surface area contributed by atoms with E-state index >= 15 is 0 Å². The Morgan fingerprint density at radius 3 is 2.38 bits per heavy atom. The van der Waals surface area contributed by atoms with Crippen molar-refractivity contribution < 1.29 is 27.5 Å². The van der Waals surface area contributed by atoms with E-state index in [4.69, 9.17) is 5.11 Å². The Morgan fingerprint density at radius 1 is 1.38 bits per heavy atom. The molecule has 1 atom stereocenters. The van der Waals surface area contributed by atoms with Crippen LogP contribution in [0.4, 0.5) is 17.6 Å². The summed E-state index contributed by atoms with van der Waals surface area (Å²) < 4.78 is 50.6. The molecule has 0 aromatic heterocycles. The second-order valence-corrected chi connectivity index (χ2v) is 3.26. The highest BCUT2D eigenvalue weighted by atomic mass is 19.4. The van der Waals surface area contributed by atoms with Crippen molar-refractivity contribution in [2.24, 2.45) is 0 Å². The summed E-state index contributed by atoms with van der Waals surface area (Å²) in [6.07, 6.45) is -4.90. The number of hydrogen-bond donors (Lipinski definition) is 1. The van der Waals surface area contributed by atoms with E-state index in [1.165, 1.54) is 0 Å². The van der Waals surface area contributed by atoms with E-state index < -0.39 is 35.0 Å². The number of carboxylic acids is 1. The summed E-state index contributed by atoms with van der Waals surface area (Å²) in [5.41, 5.74) is -2.08. The van der Waals surface area contributed by atoms with Crippen molar-refractivity contribution in [2.45, 2.75) is 19.0 Å². The molecule has 0 heterocycles. The summed E-state index contributed by atoms with van der Waals surface area (Å²) in [5, 5.41) is 8.63. The van der Waals surface area contributed by atoms with Crippen LogP contribution < -0.4 is 0 Å². The summed E-state index contributed by atoms with van der Waals surface area (Å²) in [6, 6.07) is 2.67. The van der Waals surface area contributed by atoms with Crippen molar-refractivity contribution in [1.82, 2.24) is 0 Å². The number of halogens is 4. The van der Waals surface area contributed by atoms with Gasteiger partial charge in [-0.3, -0.25) is 4.79 Å². The highest BCUT2D eigenvalue weighted by Crippen LogP contribution is 2.36. The van der Waals surface area contributed by atoms with Gasteiger partial charge in [0.1, 0.15) is 5.82 Å². The van der Waals surface area contributed by atoms with Crippen LogP contribution in [0.15, 0.2) is 18.2 Å². The van der Waals surface area contributed by atoms with Gasteiger partial charge in [-0.2, -0.15) is 13.2 Å². The molecule has 0 aliphatic rings. The molecule has 0 amide bonds. The van der Waals surface area contributed by atoms with E-state index in [1.807, 2.05) is 0 Å². The topological polar surface area (TPSA) is 37.3 Å². The molecule has 88 valence electrons. The maximum absolute atomic E-state index is 13.1. The zero-order valence-corrected chi connectivity index (χ0v) is 8.18. The minimum Gasteiger partial charge on any atom is -0.481 e. The fraction of sp³-hybridized carbons (Fsp3) is 0.300. The van der Waals surface area contributed by atoms with E-state index in [2.05, 4.69) is 0 Å². The van der Waals surface area contributed by atoms with Crippen LogP contribution in [0.1, 0.15) is 24.0 Å². The fourth-order valence-electron chi connectivity index (χ4n) is 1.33. The van der Waals surface area contributed by atoms with Gasteiger partial charge in [0, 0.05) is 0 Å². The molecule has 0 radical (unpaired) electrons. The van der Waals surface area contributed by atoms with Gasteiger partial charge in [-0.1, -0.05) is 12.1 Å². The Bertz CT molecular complexity index is 412. The average molecular weight is 236 g/mol. The summed E-state index contributed by atoms with van der Waals surface area (Å²) in [6.45, 7) is 1.08. The third-order valence-electron chi connectivity index (χ3n) is 2.17. The van der Waals surface area contributed by atoms with Crippen LogP contribution >= 0.6 is 0 Å². The molecule has 6 heteroatoms. The largest absolute Gasteiger partial charge is 0.481 e. The van der Waals surface area contributed by atoms with E-state index in [0.717, 1.165) is 19.1 Å². The van der Waals surface area contributed by atoms with Crippen LogP contribution in [0.3, 0.4) is 0 Å². The summed E-state index contributed by atoms with van der Waals surface area (Å²) in [4.78, 5) is 10.6. The number of carbonyl (C=O) groups is 1. The molecule has 0 bridgehead atoms. The highest BCUT2D eigenvalue weighted by molar-refractivity contribution is 5.76. The molecular formula is C10H8F4O2. The lowest BCUT2D eigenvalue weighted by Gasteiger charge is -2.16. The molecule has 0 fully saturated rings. The molecule has 1 rings (SSSR count). The lowest BCUT2D eigenvalue weighted by molar-refractivity contribution is -0.142. The maximum atomic E-state index is 13.1. The molecule has 0 aliphatic heterocycles. The molecule has 0 saturated heterocycles. The highest BCUT2D eigenvalue weighted by Gasteiger charge is 2.38. The molecule has 1 aromatic rings. The van der Waals surface area contributed by atoms with Crippen molar-refractivity contribution >= 4 is 5.97 Å². The Labute approximate surface area is 88.5 Å². The predicted molar refractivity (Wildman–Crippen MR) is 47.5 cm³/mol. The first kappa shape index (κ1) is 12.5. The van der Waals surface area contributed by atoms with Gasteiger partial charge < -0.3 is 5.11 Å². The van der Waals surface area contributed by atoms with E-state index in [1.54, 1.807) is 0 Å². The molecule has 2 nitrogen and oxygen atoms in total. The first-order valence-corrected chi connectivity index (χ1v) is 4.33. The molecular weight excluding hydrogens is 228 g/mol. The van der Waals surface area contributed by atoms with E-state index in [0.29, 0.717) is 6.07 Å². The Kier molecular flexibility index (Phi) is 3.21. The van der Waals surface area contributed by atoms with E-state index in [9.17, 15) is 22.4 Å². The number of rotatable bonds is 2. The zero-order valence-electron chi connectivity index (χ0n) is 8.18. The van der Waals surface area contributed by atoms with Gasteiger partial charge in [-0.25, -0.2) is 4.39 Å². The third kappa shape index (κ3) is 2.32. The number of alkyl halides is 3. The van der Waals surface area contributed by atoms with Crippen molar-refractivity contribution in [2.75, 3.05) is 0 Å². The van der Waals surface area contributed by atoms with Crippen LogP contribution in [0, 0.1) is 5.82 Å². The SMILES string of the molecule is CC(C(=O)O)c1cccc(F)c1C(F)(F)F. The van der Waals surface area contributed by atoms with Crippen molar-refractivity contribution in [1.29, 1.82) is 0 Å². The number of benzene rings is 1. The van der Waals surface area contributed by atoms with Gasteiger partial charge in [0.2, 0.25) is 0 Å². The lowest BCUT2D eigenvalue weighted by Crippen LogP contribution is -2.17. The molecule has 1 unspecified atom stereocenters. The minimum atomic E-state index is -4.90. The lowest BCUT2D eigenvalue weighted by atomic mass is 9.95. The smallest absolute Gasteiger partial charge is 0.419 e. The quantitative estimate of drug-likeness (QED) is 0.801. The van der Waals surface area contributed by atoms with Gasteiger partial charge in [0.25, 0.3) is 0 Å². The van der Waals surface area contributed by atoms with Gasteiger partial charge in [-0.05, 0) is 18.6 Å². The molecule has 0 spiro atoms. The molecule has 1 aromatic carbocycles. The van der Waals surface area contributed by atoms with Crippen molar-refractivity contribution in [3.05, 3.63) is 35.1 Å². The molecule has 16 heavy (non-hydrogen) atoms. The van der Waals surface area contributed by atoms with Crippen LogP contribution in [0.2, 0.25) is 0 Å². The third-order valence-corrected chi connectivity index (χ3v) is 2.17.